The quantitative estimate of drug-likeness (QED) is 0.666. The van der Waals surface area contributed by atoms with Gasteiger partial charge in [-0.3, -0.25) is 10.1 Å². The molecule has 0 atom stereocenters. The van der Waals surface area contributed by atoms with E-state index >= 15 is 0 Å². The molecule has 0 saturated carbocycles. The van der Waals surface area contributed by atoms with Crippen molar-refractivity contribution in [3.63, 3.8) is 0 Å². The number of aromatic hydroxyl groups is 1. The summed E-state index contributed by atoms with van der Waals surface area (Å²) >= 11 is 5.93. The molecule has 2 aromatic rings. The van der Waals surface area contributed by atoms with Gasteiger partial charge in [-0.2, -0.15) is 4.39 Å². The number of rotatable bonds is 4. The number of benzene rings is 2. The van der Waals surface area contributed by atoms with E-state index < -0.39 is 16.4 Å². The Labute approximate surface area is 118 Å². The minimum Gasteiger partial charge on any atom is -0.508 e. The normalized spacial score (nSPS) is 10.3. The number of hydrogen-bond donors (Lipinski definition) is 2. The Hall–Kier alpha value is -2.34. The fraction of sp³-hybridized carbons (Fsp3) is 0.0769. The molecule has 2 aromatic carbocycles. The van der Waals surface area contributed by atoms with Crippen molar-refractivity contribution in [2.75, 3.05) is 5.32 Å². The molecule has 7 heteroatoms. The fourth-order valence-corrected chi connectivity index (χ4v) is 1.91. The molecule has 104 valence electrons. The van der Waals surface area contributed by atoms with Gasteiger partial charge in [0.15, 0.2) is 0 Å². The number of anilines is 1. The van der Waals surface area contributed by atoms with E-state index in [1.807, 2.05) is 0 Å². The van der Waals surface area contributed by atoms with Crippen molar-refractivity contribution in [2.45, 2.75) is 6.54 Å². The molecule has 2 rings (SSSR count). The average molecular weight is 297 g/mol. The molecule has 5 nitrogen and oxygen atoms in total. The lowest BCUT2D eigenvalue weighted by Gasteiger charge is -2.09. The smallest absolute Gasteiger partial charge is 0.304 e. The molecule has 0 fully saturated rings. The molecule has 0 amide bonds. The molecule has 0 aliphatic heterocycles. The molecular weight excluding hydrogens is 287 g/mol. The minimum atomic E-state index is -0.927. The predicted molar refractivity (Wildman–Crippen MR) is 73.5 cm³/mol. The maximum absolute atomic E-state index is 13.4. The first kappa shape index (κ1) is 14.1. The van der Waals surface area contributed by atoms with Gasteiger partial charge in [0, 0.05) is 35.0 Å². The molecule has 0 radical (unpaired) electrons. The highest BCUT2D eigenvalue weighted by Crippen LogP contribution is 2.27. The number of phenols is 1. The Bertz CT molecular complexity index is 644. The van der Waals surface area contributed by atoms with Crippen molar-refractivity contribution < 1.29 is 14.4 Å². The van der Waals surface area contributed by atoms with Crippen molar-refractivity contribution in [3.05, 3.63) is 62.9 Å². The van der Waals surface area contributed by atoms with Crippen LogP contribution in [-0.4, -0.2) is 10.0 Å². The highest BCUT2D eigenvalue weighted by molar-refractivity contribution is 6.31. The number of phenolic OH excluding ortho intramolecular Hbond substituents is 1. The third kappa shape index (κ3) is 2.97. The van der Waals surface area contributed by atoms with E-state index in [-0.39, 0.29) is 12.3 Å². The summed E-state index contributed by atoms with van der Waals surface area (Å²) < 4.78 is 13.4. The van der Waals surface area contributed by atoms with Gasteiger partial charge in [-0.15, -0.1) is 0 Å². The van der Waals surface area contributed by atoms with Crippen molar-refractivity contribution in [2.24, 2.45) is 0 Å². The molecule has 0 spiro atoms. The Kier molecular flexibility index (Phi) is 4.05. The van der Waals surface area contributed by atoms with Gasteiger partial charge in [-0.1, -0.05) is 17.7 Å². The highest BCUT2D eigenvalue weighted by atomic mass is 35.5. The molecule has 0 heterocycles. The second kappa shape index (κ2) is 5.75. The van der Waals surface area contributed by atoms with Crippen LogP contribution in [0.1, 0.15) is 5.56 Å². The summed E-state index contributed by atoms with van der Waals surface area (Å²) in [6, 6.07) is 8.19. The topological polar surface area (TPSA) is 75.4 Å². The summed E-state index contributed by atoms with van der Waals surface area (Å²) in [6.45, 7) is 0.169. The van der Waals surface area contributed by atoms with E-state index in [2.05, 4.69) is 5.32 Å². The van der Waals surface area contributed by atoms with Crippen LogP contribution in [0.3, 0.4) is 0 Å². The van der Waals surface area contributed by atoms with Crippen LogP contribution in [0.4, 0.5) is 15.8 Å². The van der Waals surface area contributed by atoms with E-state index in [0.717, 1.165) is 12.1 Å². The molecule has 0 aliphatic carbocycles. The summed E-state index contributed by atoms with van der Waals surface area (Å²) in [4.78, 5) is 9.70. The minimum absolute atomic E-state index is 0.0207. The lowest BCUT2D eigenvalue weighted by Crippen LogP contribution is -2.01. The number of nitrogens with zero attached hydrogens (tertiary/aromatic N) is 1. The first-order valence-corrected chi connectivity index (χ1v) is 6.01. The van der Waals surface area contributed by atoms with E-state index in [0.29, 0.717) is 16.3 Å². The van der Waals surface area contributed by atoms with Crippen LogP contribution < -0.4 is 5.32 Å². The van der Waals surface area contributed by atoms with Crippen molar-refractivity contribution in [1.29, 1.82) is 0 Å². The van der Waals surface area contributed by atoms with E-state index in [1.165, 1.54) is 12.1 Å². The molecule has 0 aromatic heterocycles. The average Bonchev–Trinajstić information content (AvgIpc) is 2.37. The monoisotopic (exact) mass is 296 g/mol. The summed E-state index contributed by atoms with van der Waals surface area (Å²) in [5.74, 6) is -0.907. The van der Waals surface area contributed by atoms with Crippen molar-refractivity contribution >= 4 is 23.0 Å². The van der Waals surface area contributed by atoms with Gasteiger partial charge < -0.3 is 10.4 Å². The molecule has 0 unspecified atom stereocenters. The zero-order valence-electron chi connectivity index (χ0n) is 10.1. The molecule has 20 heavy (non-hydrogen) atoms. The Morgan fingerprint density at radius 3 is 2.70 bits per heavy atom. The van der Waals surface area contributed by atoms with Gasteiger partial charge in [0.05, 0.1) is 4.92 Å². The van der Waals surface area contributed by atoms with E-state index in [9.17, 15) is 19.6 Å². The van der Waals surface area contributed by atoms with Gasteiger partial charge in [-0.05, 0) is 18.2 Å². The summed E-state index contributed by atoms with van der Waals surface area (Å²) in [5, 5.41) is 23.4. The van der Waals surface area contributed by atoms with Gasteiger partial charge in [0.25, 0.3) is 0 Å². The highest BCUT2D eigenvalue weighted by Gasteiger charge is 2.14. The van der Waals surface area contributed by atoms with Crippen LogP contribution in [-0.2, 0) is 6.54 Å². The number of nitro benzene ring substituents is 1. The summed E-state index contributed by atoms with van der Waals surface area (Å²) in [5.41, 5.74) is 0.233. The van der Waals surface area contributed by atoms with Crippen LogP contribution in [0.15, 0.2) is 36.4 Å². The predicted octanol–water partition coefficient (Wildman–Crippen LogP) is 3.71. The number of nitrogens with one attached hydrogen (secondary N) is 1. The number of halogens is 2. The third-order valence-corrected chi connectivity index (χ3v) is 3.06. The van der Waals surface area contributed by atoms with E-state index in [1.54, 1.807) is 12.1 Å². The van der Waals surface area contributed by atoms with Crippen molar-refractivity contribution in [3.8, 4) is 5.75 Å². The summed E-state index contributed by atoms with van der Waals surface area (Å²) in [6.07, 6.45) is 0. The van der Waals surface area contributed by atoms with Crippen LogP contribution >= 0.6 is 11.6 Å². The van der Waals surface area contributed by atoms with Crippen LogP contribution in [0.2, 0.25) is 5.02 Å². The van der Waals surface area contributed by atoms with Crippen LogP contribution in [0, 0.1) is 15.9 Å². The number of nitro groups is 1. The Balaban J connectivity index is 2.16. The third-order valence-electron chi connectivity index (χ3n) is 2.71. The fourth-order valence-electron chi connectivity index (χ4n) is 1.68. The van der Waals surface area contributed by atoms with E-state index in [4.69, 9.17) is 11.6 Å². The molecular formula is C13H10ClFN2O3. The first-order valence-electron chi connectivity index (χ1n) is 5.63. The second-order valence-corrected chi connectivity index (χ2v) is 4.42. The zero-order chi connectivity index (χ0) is 14.7. The standard InChI is InChI=1S/C13H10ClFN2O3/c14-10-2-1-3-13(18)9(10)7-16-8-4-5-12(17(19)20)11(15)6-8/h1-6,16,18H,7H2. The lowest BCUT2D eigenvalue weighted by atomic mass is 10.2. The largest absolute Gasteiger partial charge is 0.508 e. The van der Waals surface area contributed by atoms with Gasteiger partial charge in [-0.25, -0.2) is 0 Å². The maximum atomic E-state index is 13.4. The van der Waals surface area contributed by atoms with Crippen LogP contribution in [0.5, 0.6) is 5.75 Å². The lowest BCUT2D eigenvalue weighted by molar-refractivity contribution is -0.387. The molecule has 0 bridgehead atoms. The molecule has 0 saturated heterocycles. The van der Waals surface area contributed by atoms with Crippen LogP contribution in [0.25, 0.3) is 0 Å². The first-order chi connectivity index (χ1) is 9.49. The van der Waals surface area contributed by atoms with Gasteiger partial charge >= 0.3 is 5.69 Å². The Morgan fingerprint density at radius 1 is 1.35 bits per heavy atom. The maximum Gasteiger partial charge on any atom is 0.304 e. The zero-order valence-corrected chi connectivity index (χ0v) is 10.9. The molecule has 0 aliphatic rings. The van der Waals surface area contributed by atoms with Crippen molar-refractivity contribution in [1.82, 2.24) is 0 Å². The Morgan fingerprint density at radius 2 is 2.10 bits per heavy atom. The number of hydrogen-bond acceptors (Lipinski definition) is 4. The van der Waals surface area contributed by atoms with Gasteiger partial charge in [0.1, 0.15) is 5.75 Å². The SMILES string of the molecule is O=[N+]([O-])c1ccc(NCc2c(O)cccc2Cl)cc1F. The summed E-state index contributed by atoms with van der Waals surface area (Å²) in [7, 11) is 0. The van der Waals surface area contributed by atoms with Gasteiger partial charge in [0.2, 0.25) is 5.82 Å². The second-order valence-electron chi connectivity index (χ2n) is 4.01. The molecule has 2 N–H and O–H groups in total.